The number of piperidine rings is 1. The highest BCUT2D eigenvalue weighted by Crippen LogP contribution is 2.28. The Hall–Kier alpha value is -1.03. The number of ether oxygens (including phenoxy) is 1. The summed E-state index contributed by atoms with van der Waals surface area (Å²) in [5.74, 6) is 0.954. The van der Waals surface area contributed by atoms with E-state index in [1.165, 1.54) is 0 Å². The van der Waals surface area contributed by atoms with Crippen LogP contribution in [0.25, 0.3) is 0 Å². The Morgan fingerprint density at radius 2 is 1.87 bits per heavy atom. The maximum atomic E-state index is 13.0. The van der Waals surface area contributed by atoms with Crippen molar-refractivity contribution in [3.63, 3.8) is 0 Å². The first-order chi connectivity index (χ1) is 10.9. The van der Waals surface area contributed by atoms with E-state index in [1.807, 2.05) is 25.5 Å². The van der Waals surface area contributed by atoms with Gasteiger partial charge in [0.25, 0.3) is 10.2 Å². The third-order valence-corrected chi connectivity index (χ3v) is 6.47. The highest BCUT2D eigenvalue weighted by Gasteiger charge is 2.38. The Balaban J connectivity index is 1.76. The summed E-state index contributed by atoms with van der Waals surface area (Å²) >= 11 is 0. The van der Waals surface area contributed by atoms with E-state index in [0.717, 1.165) is 18.7 Å². The molecule has 2 aliphatic heterocycles. The van der Waals surface area contributed by atoms with E-state index in [9.17, 15) is 8.42 Å². The molecule has 3 rings (SSSR count). The molecule has 130 valence electrons. The van der Waals surface area contributed by atoms with Crippen LogP contribution in [0.4, 0.5) is 0 Å². The summed E-state index contributed by atoms with van der Waals surface area (Å²) in [5, 5.41) is 8.06. The lowest BCUT2D eigenvalue weighted by Gasteiger charge is -2.39. The number of aryl methyl sites for hydroxylation is 1. The van der Waals surface area contributed by atoms with Gasteiger partial charge in [-0.15, -0.1) is 10.2 Å². The summed E-state index contributed by atoms with van der Waals surface area (Å²) in [5.41, 5.74) is 0. The monoisotopic (exact) mass is 343 g/mol. The smallest absolute Gasteiger partial charge is 0.282 e. The molecule has 0 unspecified atom stereocenters. The highest BCUT2D eigenvalue weighted by atomic mass is 32.2. The highest BCUT2D eigenvalue weighted by molar-refractivity contribution is 7.86. The Bertz CT molecular complexity index is 637. The summed E-state index contributed by atoms with van der Waals surface area (Å²) in [7, 11) is -1.56. The molecule has 0 amide bonds. The first kappa shape index (κ1) is 16.8. The second-order valence-corrected chi connectivity index (χ2v) is 8.51. The quantitative estimate of drug-likeness (QED) is 0.791. The number of aromatic nitrogens is 3. The third kappa shape index (κ3) is 3.42. The molecule has 1 aromatic heterocycles. The largest absolute Gasteiger partial charge is 0.373 e. The molecular formula is C14H25N5O3S. The van der Waals surface area contributed by atoms with Crippen LogP contribution < -0.4 is 0 Å². The Morgan fingerprint density at radius 3 is 2.48 bits per heavy atom. The number of morpholine rings is 1. The van der Waals surface area contributed by atoms with Gasteiger partial charge in [0.2, 0.25) is 0 Å². The van der Waals surface area contributed by atoms with Crippen molar-refractivity contribution >= 4 is 10.2 Å². The van der Waals surface area contributed by atoms with Crippen LogP contribution in [-0.2, 0) is 22.0 Å². The van der Waals surface area contributed by atoms with Crippen molar-refractivity contribution in [1.82, 2.24) is 23.4 Å². The fourth-order valence-corrected chi connectivity index (χ4v) is 5.36. The van der Waals surface area contributed by atoms with E-state index in [1.54, 1.807) is 14.9 Å². The van der Waals surface area contributed by atoms with Gasteiger partial charge in [-0.3, -0.25) is 0 Å². The van der Waals surface area contributed by atoms with Crippen LogP contribution in [0.1, 0.15) is 38.4 Å². The van der Waals surface area contributed by atoms with Crippen molar-refractivity contribution in [1.29, 1.82) is 0 Å². The molecule has 0 aromatic carbocycles. The maximum absolute atomic E-state index is 13.0. The third-order valence-electron chi connectivity index (χ3n) is 4.53. The van der Waals surface area contributed by atoms with Crippen molar-refractivity contribution in [3.8, 4) is 0 Å². The lowest BCUT2D eigenvalue weighted by molar-refractivity contribution is -0.0456. The second kappa shape index (κ2) is 6.46. The zero-order valence-corrected chi connectivity index (χ0v) is 14.7. The van der Waals surface area contributed by atoms with Gasteiger partial charge in [-0.2, -0.15) is 17.0 Å². The molecule has 0 spiro atoms. The average Bonchev–Trinajstić information content (AvgIpc) is 2.92. The van der Waals surface area contributed by atoms with E-state index in [0.29, 0.717) is 26.2 Å². The summed E-state index contributed by atoms with van der Waals surface area (Å²) in [4.78, 5) is 0. The normalized spacial score (nSPS) is 31.3. The minimum absolute atomic E-state index is 0.0761. The molecule has 0 radical (unpaired) electrons. The van der Waals surface area contributed by atoms with Gasteiger partial charge in [0.1, 0.15) is 12.2 Å². The van der Waals surface area contributed by atoms with E-state index < -0.39 is 10.2 Å². The molecule has 0 saturated carbocycles. The van der Waals surface area contributed by atoms with Gasteiger partial charge >= 0.3 is 0 Å². The molecule has 1 aromatic rings. The maximum Gasteiger partial charge on any atom is 0.282 e. The van der Waals surface area contributed by atoms with Crippen LogP contribution in [-0.4, -0.2) is 70.2 Å². The van der Waals surface area contributed by atoms with Crippen molar-refractivity contribution in [3.05, 3.63) is 12.2 Å². The topological polar surface area (TPSA) is 80.6 Å². The molecular weight excluding hydrogens is 318 g/mol. The minimum Gasteiger partial charge on any atom is -0.373 e. The molecule has 2 aliphatic rings. The van der Waals surface area contributed by atoms with E-state index in [2.05, 4.69) is 10.2 Å². The molecule has 2 saturated heterocycles. The zero-order valence-electron chi connectivity index (χ0n) is 13.9. The number of hydrogen-bond acceptors (Lipinski definition) is 5. The van der Waals surface area contributed by atoms with Crippen LogP contribution in [0.3, 0.4) is 0 Å². The molecule has 9 heteroatoms. The van der Waals surface area contributed by atoms with Gasteiger partial charge in [0, 0.05) is 39.1 Å². The summed E-state index contributed by atoms with van der Waals surface area (Å²) in [6.07, 6.45) is 3.29. The van der Waals surface area contributed by atoms with Gasteiger partial charge in [0.15, 0.2) is 0 Å². The SMILES string of the molecule is C[C@@H]1CN(S(=O)(=O)N2CCC[C@@H](c3nncn3C)C2)C[C@H](C)O1. The standard InChI is InChI=1S/C14H25N5O3S/c1-11-7-19(8-12(2)22-11)23(20,21)18-6-4-5-13(9-18)14-16-15-10-17(14)3/h10-13H,4-9H2,1-3H3/t11-,12+,13-/m1/s1. The lowest BCUT2D eigenvalue weighted by atomic mass is 9.99. The van der Waals surface area contributed by atoms with Crippen molar-refractivity contribution in [2.24, 2.45) is 7.05 Å². The van der Waals surface area contributed by atoms with Crippen LogP contribution in [0.5, 0.6) is 0 Å². The fraction of sp³-hybridized carbons (Fsp3) is 0.857. The minimum atomic E-state index is -3.46. The Kier molecular flexibility index (Phi) is 4.73. The molecule has 0 aliphatic carbocycles. The Labute approximate surface area is 137 Å². The van der Waals surface area contributed by atoms with Gasteiger partial charge in [-0.1, -0.05) is 0 Å². The fourth-order valence-electron chi connectivity index (χ4n) is 3.51. The van der Waals surface area contributed by atoms with Crippen molar-refractivity contribution < 1.29 is 13.2 Å². The van der Waals surface area contributed by atoms with Gasteiger partial charge in [0.05, 0.1) is 12.2 Å². The first-order valence-corrected chi connectivity index (χ1v) is 9.52. The Morgan fingerprint density at radius 1 is 1.17 bits per heavy atom. The predicted octanol–water partition coefficient (Wildman–Crippen LogP) is 0.349. The number of nitrogens with zero attached hydrogens (tertiary/aromatic N) is 5. The van der Waals surface area contributed by atoms with Gasteiger partial charge < -0.3 is 9.30 Å². The van der Waals surface area contributed by atoms with Crippen LogP contribution >= 0.6 is 0 Å². The molecule has 3 heterocycles. The molecule has 23 heavy (non-hydrogen) atoms. The summed E-state index contributed by atoms with van der Waals surface area (Å²) in [6.45, 7) is 5.69. The molecule has 2 fully saturated rings. The van der Waals surface area contributed by atoms with E-state index >= 15 is 0 Å². The van der Waals surface area contributed by atoms with Crippen LogP contribution in [0, 0.1) is 0 Å². The van der Waals surface area contributed by atoms with Gasteiger partial charge in [-0.05, 0) is 26.7 Å². The van der Waals surface area contributed by atoms with Crippen molar-refractivity contribution in [2.75, 3.05) is 26.2 Å². The molecule has 8 nitrogen and oxygen atoms in total. The zero-order chi connectivity index (χ0) is 16.6. The van der Waals surface area contributed by atoms with Crippen molar-refractivity contribution in [2.45, 2.75) is 44.8 Å². The first-order valence-electron chi connectivity index (χ1n) is 8.12. The second-order valence-electron chi connectivity index (χ2n) is 6.58. The average molecular weight is 343 g/mol. The molecule has 0 N–H and O–H groups in total. The summed E-state index contributed by atoms with van der Waals surface area (Å²) < 4.78 is 36.7. The van der Waals surface area contributed by atoms with Gasteiger partial charge in [-0.25, -0.2) is 0 Å². The number of hydrogen-bond donors (Lipinski definition) is 0. The van der Waals surface area contributed by atoms with Crippen LogP contribution in [0.15, 0.2) is 6.33 Å². The predicted molar refractivity (Wildman–Crippen MR) is 85.1 cm³/mol. The molecule has 3 atom stereocenters. The lowest BCUT2D eigenvalue weighted by Crippen LogP contribution is -2.54. The van der Waals surface area contributed by atoms with E-state index in [4.69, 9.17) is 4.74 Å². The number of rotatable bonds is 3. The molecule has 0 bridgehead atoms. The van der Waals surface area contributed by atoms with E-state index in [-0.39, 0.29) is 18.1 Å². The summed E-state index contributed by atoms with van der Waals surface area (Å²) in [6, 6.07) is 0. The van der Waals surface area contributed by atoms with Crippen LogP contribution in [0.2, 0.25) is 0 Å².